The van der Waals surface area contributed by atoms with Crippen LogP contribution in [0.1, 0.15) is 54.5 Å². The van der Waals surface area contributed by atoms with E-state index in [0.29, 0.717) is 6.42 Å². The van der Waals surface area contributed by atoms with Gasteiger partial charge in [-0.05, 0) is 78.4 Å². The van der Waals surface area contributed by atoms with Crippen LogP contribution in [0, 0.1) is 5.92 Å². The molecule has 0 bridgehead atoms. The van der Waals surface area contributed by atoms with Crippen LogP contribution in [0.3, 0.4) is 0 Å². The number of carbonyl (C=O) groups is 2. The molecule has 3 aromatic rings. The number of benzene rings is 2. The quantitative estimate of drug-likeness (QED) is 0.361. The van der Waals surface area contributed by atoms with Gasteiger partial charge in [0.2, 0.25) is 5.91 Å². The van der Waals surface area contributed by atoms with E-state index in [2.05, 4.69) is 58.5 Å². The van der Waals surface area contributed by atoms with Gasteiger partial charge in [0, 0.05) is 12.6 Å². The van der Waals surface area contributed by atoms with Crippen molar-refractivity contribution in [3.05, 3.63) is 71.0 Å². The summed E-state index contributed by atoms with van der Waals surface area (Å²) in [7, 11) is 0. The van der Waals surface area contributed by atoms with Crippen molar-refractivity contribution in [1.82, 2.24) is 15.3 Å². The number of amides is 2. The first-order valence-electron chi connectivity index (χ1n) is 12.5. The second-order valence-corrected chi connectivity index (χ2v) is 11.9. The Morgan fingerprint density at radius 1 is 0.971 bits per heavy atom. The average molecular weight is 506 g/mol. The minimum Gasteiger partial charge on any atom is -0.286 e. The highest BCUT2D eigenvalue weighted by atomic mass is 32.2. The Hall–Kier alpha value is -2.38. The van der Waals surface area contributed by atoms with Crippen molar-refractivity contribution in [1.29, 1.82) is 0 Å². The van der Waals surface area contributed by atoms with Crippen LogP contribution in [0.15, 0.2) is 48.7 Å². The number of aryl methyl sites for hydroxylation is 1. The fraction of sp³-hybridized carbons (Fsp3) is 0.429. The molecule has 7 heteroatoms. The largest absolute Gasteiger partial charge is 0.286 e. The number of thioether (sulfide) groups is 2. The van der Waals surface area contributed by atoms with Crippen LogP contribution in [0.5, 0.6) is 0 Å². The summed E-state index contributed by atoms with van der Waals surface area (Å²) in [5, 5.41) is 1.62. The average Bonchev–Trinajstić information content (AvgIpc) is 3.19. The van der Waals surface area contributed by atoms with Gasteiger partial charge in [-0.1, -0.05) is 54.9 Å². The van der Waals surface area contributed by atoms with Crippen molar-refractivity contribution >= 4 is 45.7 Å². The van der Waals surface area contributed by atoms with E-state index in [1.54, 1.807) is 6.20 Å². The SMILES string of the molecule is O=C1NC(=O)C(Cc2cnc3ccc(Cc4ccccc4CCCCC4CCSCC4)cc3n2)S1. The maximum Gasteiger partial charge on any atom is 0.286 e. The van der Waals surface area contributed by atoms with Gasteiger partial charge in [0.25, 0.3) is 5.24 Å². The van der Waals surface area contributed by atoms with Gasteiger partial charge in [0.1, 0.15) is 0 Å². The molecule has 182 valence electrons. The minimum absolute atomic E-state index is 0.245. The summed E-state index contributed by atoms with van der Waals surface area (Å²) in [5.41, 5.74) is 6.43. The first-order valence-corrected chi connectivity index (χ1v) is 14.6. The molecule has 0 saturated carbocycles. The topological polar surface area (TPSA) is 72.0 Å². The molecule has 0 aliphatic carbocycles. The molecule has 1 aromatic heterocycles. The van der Waals surface area contributed by atoms with Crippen LogP contribution < -0.4 is 5.32 Å². The summed E-state index contributed by atoms with van der Waals surface area (Å²) in [6.45, 7) is 0. The number of hydrogen-bond donors (Lipinski definition) is 1. The Bertz CT molecular complexity index is 1210. The molecule has 2 saturated heterocycles. The molecule has 35 heavy (non-hydrogen) atoms. The fourth-order valence-corrected chi connectivity index (χ4v) is 7.04. The Labute approximate surface area is 215 Å². The predicted molar refractivity (Wildman–Crippen MR) is 145 cm³/mol. The molecular formula is C28H31N3O2S2. The van der Waals surface area contributed by atoms with Gasteiger partial charge >= 0.3 is 0 Å². The van der Waals surface area contributed by atoms with Crippen LogP contribution >= 0.6 is 23.5 Å². The van der Waals surface area contributed by atoms with Crippen LogP contribution in [0.25, 0.3) is 11.0 Å². The Morgan fingerprint density at radius 3 is 2.60 bits per heavy atom. The van der Waals surface area contributed by atoms with E-state index in [-0.39, 0.29) is 11.1 Å². The summed E-state index contributed by atoms with van der Waals surface area (Å²) >= 11 is 3.14. The number of unbranched alkanes of at least 4 members (excludes halogenated alkanes) is 1. The number of nitrogens with one attached hydrogen (secondary N) is 1. The van der Waals surface area contributed by atoms with Gasteiger partial charge in [-0.3, -0.25) is 19.9 Å². The molecule has 5 nitrogen and oxygen atoms in total. The number of rotatable bonds is 9. The van der Waals surface area contributed by atoms with Gasteiger partial charge in [0.15, 0.2) is 0 Å². The van der Waals surface area contributed by atoms with Crippen molar-refractivity contribution in [2.45, 2.75) is 56.6 Å². The van der Waals surface area contributed by atoms with E-state index in [1.807, 2.05) is 6.07 Å². The number of fused-ring (bicyclic) bond motifs is 1. The zero-order valence-electron chi connectivity index (χ0n) is 19.9. The summed E-state index contributed by atoms with van der Waals surface area (Å²) in [6.07, 6.45) is 10.9. The Balaban J connectivity index is 1.23. The van der Waals surface area contributed by atoms with Gasteiger partial charge in [-0.2, -0.15) is 11.8 Å². The molecule has 1 N–H and O–H groups in total. The van der Waals surface area contributed by atoms with E-state index in [9.17, 15) is 9.59 Å². The first kappa shape index (κ1) is 24.3. The summed E-state index contributed by atoms with van der Waals surface area (Å²) < 4.78 is 0. The standard InChI is InChI=1S/C28H31N3O2S2/c32-27-26(35-28(33)31-27)17-23-18-29-24-10-9-20(16-25(24)30-23)15-22-8-4-3-7-21(22)6-2-1-5-19-11-13-34-14-12-19/h3-4,7-10,16,18-19,26H,1-2,5-6,11-15,17H2,(H,31,32,33). The van der Waals surface area contributed by atoms with E-state index in [4.69, 9.17) is 4.98 Å². The first-order chi connectivity index (χ1) is 17.1. The Kier molecular flexibility index (Phi) is 8.04. The van der Waals surface area contributed by atoms with E-state index >= 15 is 0 Å². The minimum atomic E-state index is -0.429. The van der Waals surface area contributed by atoms with Crippen molar-refractivity contribution < 1.29 is 9.59 Å². The summed E-state index contributed by atoms with van der Waals surface area (Å²) in [5.74, 6) is 3.39. The number of imide groups is 1. The van der Waals surface area contributed by atoms with Crippen molar-refractivity contribution in [3.63, 3.8) is 0 Å². The fourth-order valence-electron chi connectivity index (χ4n) is 5.00. The molecule has 2 aromatic carbocycles. The second-order valence-electron chi connectivity index (χ2n) is 9.52. The summed E-state index contributed by atoms with van der Waals surface area (Å²) in [4.78, 5) is 32.7. The third-order valence-corrected chi connectivity index (χ3v) is 9.01. The van der Waals surface area contributed by atoms with Crippen LogP contribution in [0.4, 0.5) is 4.79 Å². The highest BCUT2D eigenvalue weighted by molar-refractivity contribution is 8.15. The molecule has 0 spiro atoms. The zero-order valence-corrected chi connectivity index (χ0v) is 21.5. The van der Waals surface area contributed by atoms with Crippen LogP contribution in [-0.4, -0.2) is 37.9 Å². The molecule has 5 rings (SSSR count). The lowest BCUT2D eigenvalue weighted by molar-refractivity contribution is -0.118. The molecule has 2 aliphatic heterocycles. The molecule has 0 radical (unpaired) electrons. The van der Waals surface area contributed by atoms with Crippen molar-refractivity contribution in [2.75, 3.05) is 11.5 Å². The lowest BCUT2D eigenvalue weighted by Crippen LogP contribution is -2.25. The third-order valence-electron chi connectivity index (χ3n) is 6.98. The molecule has 3 heterocycles. The number of aromatic nitrogens is 2. The van der Waals surface area contributed by atoms with Crippen molar-refractivity contribution in [2.24, 2.45) is 5.92 Å². The normalized spacial score (nSPS) is 18.8. The van der Waals surface area contributed by atoms with E-state index < -0.39 is 5.25 Å². The monoisotopic (exact) mass is 505 g/mol. The zero-order chi connectivity index (χ0) is 24.0. The lowest BCUT2D eigenvalue weighted by atomic mass is 9.93. The van der Waals surface area contributed by atoms with Gasteiger partial charge < -0.3 is 0 Å². The van der Waals surface area contributed by atoms with Crippen LogP contribution in [0.2, 0.25) is 0 Å². The molecule has 2 fully saturated rings. The van der Waals surface area contributed by atoms with Gasteiger partial charge in [-0.15, -0.1) is 0 Å². The highest BCUT2D eigenvalue weighted by Crippen LogP contribution is 2.28. The van der Waals surface area contributed by atoms with Crippen LogP contribution in [-0.2, 0) is 24.1 Å². The molecule has 1 unspecified atom stereocenters. The molecule has 2 amide bonds. The molecule has 2 aliphatic rings. The van der Waals surface area contributed by atoms with Crippen molar-refractivity contribution in [3.8, 4) is 0 Å². The highest BCUT2D eigenvalue weighted by Gasteiger charge is 2.32. The maximum absolute atomic E-state index is 11.9. The van der Waals surface area contributed by atoms with E-state index in [1.165, 1.54) is 60.3 Å². The molecular weight excluding hydrogens is 474 g/mol. The van der Waals surface area contributed by atoms with Gasteiger partial charge in [-0.25, -0.2) is 4.98 Å². The molecule has 1 atom stereocenters. The smallest absolute Gasteiger partial charge is 0.286 e. The maximum atomic E-state index is 11.9. The third kappa shape index (κ3) is 6.44. The summed E-state index contributed by atoms with van der Waals surface area (Å²) in [6, 6.07) is 15.1. The number of hydrogen-bond acceptors (Lipinski definition) is 6. The van der Waals surface area contributed by atoms with E-state index in [0.717, 1.165) is 47.2 Å². The Morgan fingerprint density at radius 2 is 1.80 bits per heavy atom. The van der Waals surface area contributed by atoms with Gasteiger partial charge in [0.05, 0.1) is 22.0 Å². The lowest BCUT2D eigenvalue weighted by Gasteiger charge is -2.21. The predicted octanol–water partition coefficient (Wildman–Crippen LogP) is 5.97. The second kappa shape index (κ2) is 11.6. The number of carbonyl (C=O) groups excluding carboxylic acids is 2. The number of nitrogens with zero attached hydrogens (tertiary/aromatic N) is 2.